The number of hydrogen-bond donors (Lipinski definition) is 0. The van der Waals surface area contributed by atoms with Crippen LogP contribution in [0.1, 0.15) is 5.56 Å². The Hall–Kier alpha value is -1.94. The Morgan fingerprint density at radius 1 is 0.680 bits per heavy atom. The summed E-state index contributed by atoms with van der Waals surface area (Å²) in [5.41, 5.74) is -0.857. The Bertz CT molecular complexity index is 808. The van der Waals surface area contributed by atoms with Crippen molar-refractivity contribution in [2.75, 3.05) is 0 Å². The van der Waals surface area contributed by atoms with Gasteiger partial charge in [-0.25, -0.2) is 35.1 Å². The highest BCUT2D eigenvalue weighted by Gasteiger charge is 2.38. The van der Waals surface area contributed by atoms with Gasteiger partial charge in [0.25, 0.3) is 0 Å². The molecule has 0 aliphatic heterocycles. The molecule has 0 heterocycles. The Labute approximate surface area is 138 Å². The predicted molar refractivity (Wildman–Crippen MR) is 74.5 cm³/mol. The van der Waals surface area contributed by atoms with E-state index in [1.165, 1.54) is 0 Å². The van der Waals surface area contributed by atoms with Crippen molar-refractivity contribution < 1.29 is 39.5 Å². The maximum atomic E-state index is 13.9. The number of rotatable bonds is 4. The minimum atomic E-state index is -3.85. The van der Waals surface area contributed by atoms with Crippen molar-refractivity contribution in [3.63, 3.8) is 0 Å². The van der Waals surface area contributed by atoms with Crippen molar-refractivity contribution in [2.24, 2.45) is 0 Å². The number of hydrogen-bond acceptors (Lipinski definition) is 1. The predicted octanol–water partition coefficient (Wildman–Crippen LogP) is 4.43. The normalized spacial score (nSPS) is 11.9. The van der Waals surface area contributed by atoms with E-state index in [0.717, 1.165) is 13.1 Å². The van der Waals surface area contributed by atoms with Gasteiger partial charge in [-0.05, 0) is 25.2 Å². The van der Waals surface area contributed by atoms with E-state index in [0.29, 0.717) is 12.1 Å². The van der Waals surface area contributed by atoms with E-state index >= 15 is 0 Å². The molecule has 0 spiro atoms. The zero-order valence-electron chi connectivity index (χ0n) is 12.8. The van der Waals surface area contributed by atoms with Crippen LogP contribution in [-0.2, 0) is 11.0 Å². The highest BCUT2D eigenvalue weighted by atomic mass is 28.4. The molecule has 0 radical (unpaired) electrons. The van der Waals surface area contributed by atoms with Gasteiger partial charge >= 0.3 is 0 Å². The van der Waals surface area contributed by atoms with Crippen LogP contribution in [0.3, 0.4) is 0 Å². The van der Waals surface area contributed by atoms with E-state index in [2.05, 4.69) is 0 Å². The van der Waals surface area contributed by atoms with Crippen LogP contribution in [-0.4, -0.2) is 8.32 Å². The summed E-state index contributed by atoms with van der Waals surface area (Å²) in [5, 5.41) is -1.18. The van der Waals surface area contributed by atoms with Gasteiger partial charge in [0.2, 0.25) is 14.1 Å². The molecule has 2 aromatic rings. The molecule has 0 saturated carbocycles. The first-order chi connectivity index (χ1) is 11.5. The summed E-state index contributed by atoms with van der Waals surface area (Å²) in [7, 11) is -3.85. The van der Waals surface area contributed by atoms with Crippen molar-refractivity contribution in [3.8, 4) is 0 Å². The zero-order chi connectivity index (χ0) is 19.1. The molecule has 2 rings (SSSR count). The molecule has 0 atom stereocenters. The Kier molecular flexibility index (Phi) is 5.24. The van der Waals surface area contributed by atoms with Crippen LogP contribution < -0.4 is 5.19 Å². The average molecular weight is 386 g/mol. The largest absolute Gasteiger partial charge is 0.408 e. The van der Waals surface area contributed by atoms with Crippen molar-refractivity contribution in [2.45, 2.75) is 19.7 Å². The molecule has 0 amide bonds. The highest BCUT2D eigenvalue weighted by molar-refractivity contribution is 6.84. The molecule has 25 heavy (non-hydrogen) atoms. The standard InChI is InChI=1S/C15H10F8OSi/c1-25(2,15-13(22)11(20)10(19)12(21)14(15)23)24-5-6-7(16)3-4-8(17)9(6)18/h3-4H,5H2,1-2H3. The molecule has 2 aromatic carbocycles. The summed E-state index contributed by atoms with van der Waals surface area (Å²) in [4.78, 5) is 0. The molecular weight excluding hydrogens is 376 g/mol. The Morgan fingerprint density at radius 3 is 1.64 bits per heavy atom. The van der Waals surface area contributed by atoms with Crippen LogP contribution in [0.25, 0.3) is 0 Å². The SMILES string of the molecule is C[Si](C)(OCc1c(F)ccc(F)c1F)c1c(F)c(F)c(F)c(F)c1F. The van der Waals surface area contributed by atoms with E-state index < -0.39 is 72.2 Å². The van der Waals surface area contributed by atoms with E-state index in [-0.39, 0.29) is 0 Å². The summed E-state index contributed by atoms with van der Waals surface area (Å²) >= 11 is 0. The quantitative estimate of drug-likeness (QED) is 0.327. The van der Waals surface area contributed by atoms with Crippen LogP contribution >= 0.6 is 0 Å². The summed E-state index contributed by atoms with van der Waals surface area (Å²) in [6.07, 6.45) is 0. The third-order valence-electron chi connectivity index (χ3n) is 3.53. The Morgan fingerprint density at radius 2 is 1.12 bits per heavy atom. The molecule has 0 aliphatic rings. The summed E-state index contributed by atoms with van der Waals surface area (Å²) in [5.74, 6) is -14.9. The molecule has 0 N–H and O–H groups in total. The molecule has 0 unspecified atom stereocenters. The van der Waals surface area contributed by atoms with Gasteiger partial charge in [-0.1, -0.05) is 0 Å². The van der Waals surface area contributed by atoms with Gasteiger partial charge in [0.15, 0.2) is 34.9 Å². The van der Waals surface area contributed by atoms with Gasteiger partial charge in [0, 0.05) is 5.19 Å². The zero-order valence-corrected chi connectivity index (χ0v) is 13.8. The van der Waals surface area contributed by atoms with E-state index in [9.17, 15) is 35.1 Å². The third kappa shape index (κ3) is 3.40. The molecule has 1 nitrogen and oxygen atoms in total. The lowest BCUT2D eigenvalue weighted by molar-refractivity contribution is 0.284. The lowest BCUT2D eigenvalue weighted by Crippen LogP contribution is -2.49. The van der Waals surface area contributed by atoms with Gasteiger partial charge in [-0.2, -0.15) is 0 Å². The molecule has 0 fully saturated rings. The summed E-state index contributed by atoms with van der Waals surface area (Å²) in [6.45, 7) is 1.19. The average Bonchev–Trinajstić information content (AvgIpc) is 2.54. The maximum Gasteiger partial charge on any atom is 0.225 e. The van der Waals surface area contributed by atoms with Crippen molar-refractivity contribution >= 4 is 13.5 Å². The summed E-state index contributed by atoms with van der Waals surface area (Å²) < 4.78 is 113. The van der Waals surface area contributed by atoms with Crippen LogP contribution in [0, 0.1) is 46.5 Å². The first kappa shape index (κ1) is 19.4. The van der Waals surface area contributed by atoms with Crippen molar-refractivity contribution in [1.29, 1.82) is 0 Å². The van der Waals surface area contributed by atoms with E-state index in [1.807, 2.05) is 0 Å². The monoisotopic (exact) mass is 386 g/mol. The molecule has 10 heteroatoms. The minimum absolute atomic E-state index is 0.529. The van der Waals surface area contributed by atoms with E-state index in [4.69, 9.17) is 4.43 Å². The second-order valence-corrected chi connectivity index (χ2v) is 9.37. The molecular formula is C15H10F8OSi. The lowest BCUT2D eigenvalue weighted by Gasteiger charge is -2.25. The fourth-order valence-electron chi connectivity index (χ4n) is 2.16. The van der Waals surface area contributed by atoms with Crippen molar-refractivity contribution in [1.82, 2.24) is 0 Å². The van der Waals surface area contributed by atoms with Crippen molar-refractivity contribution in [3.05, 3.63) is 64.2 Å². The topological polar surface area (TPSA) is 9.23 Å². The third-order valence-corrected chi connectivity index (χ3v) is 6.04. The first-order valence-corrected chi connectivity index (χ1v) is 9.68. The maximum absolute atomic E-state index is 13.9. The second-order valence-electron chi connectivity index (χ2n) is 5.57. The van der Waals surface area contributed by atoms with E-state index in [1.54, 1.807) is 0 Å². The molecule has 136 valence electrons. The van der Waals surface area contributed by atoms with Gasteiger partial charge in [-0.3, -0.25) is 0 Å². The van der Waals surface area contributed by atoms with Crippen LogP contribution in [0.4, 0.5) is 35.1 Å². The second kappa shape index (κ2) is 6.75. The van der Waals surface area contributed by atoms with Crippen LogP contribution in [0.2, 0.25) is 13.1 Å². The molecule has 0 bridgehead atoms. The van der Waals surface area contributed by atoms with Gasteiger partial charge in [0.1, 0.15) is 5.82 Å². The van der Waals surface area contributed by atoms with Crippen LogP contribution in [0.5, 0.6) is 0 Å². The molecule has 0 saturated heterocycles. The fraction of sp³-hybridized carbons (Fsp3) is 0.200. The Balaban J connectivity index is 2.43. The number of halogens is 8. The molecule has 0 aromatic heterocycles. The molecule has 0 aliphatic carbocycles. The minimum Gasteiger partial charge on any atom is -0.408 e. The van der Waals surface area contributed by atoms with Gasteiger partial charge < -0.3 is 4.43 Å². The smallest absolute Gasteiger partial charge is 0.225 e. The summed E-state index contributed by atoms with van der Waals surface area (Å²) in [6, 6.07) is 1.14. The first-order valence-electron chi connectivity index (χ1n) is 6.77. The number of benzene rings is 2. The van der Waals surface area contributed by atoms with Gasteiger partial charge in [0.05, 0.1) is 12.2 Å². The van der Waals surface area contributed by atoms with Crippen LogP contribution in [0.15, 0.2) is 12.1 Å². The fourth-order valence-corrected chi connectivity index (χ4v) is 4.09. The highest BCUT2D eigenvalue weighted by Crippen LogP contribution is 2.23. The lowest BCUT2D eigenvalue weighted by atomic mass is 10.2. The van der Waals surface area contributed by atoms with Gasteiger partial charge in [-0.15, -0.1) is 0 Å².